The van der Waals surface area contributed by atoms with Crippen LogP contribution < -0.4 is 0 Å². The van der Waals surface area contributed by atoms with E-state index in [0.717, 1.165) is 17.1 Å². The Labute approximate surface area is 161 Å². The molecule has 3 aromatic carbocycles. The molecular formula is C25H24N2. The van der Waals surface area contributed by atoms with Gasteiger partial charge in [0, 0.05) is 11.1 Å². The minimum atomic E-state index is 1.01. The van der Waals surface area contributed by atoms with Gasteiger partial charge in [0.15, 0.2) is 0 Å². The van der Waals surface area contributed by atoms with Crippen molar-refractivity contribution in [2.45, 2.75) is 27.7 Å². The lowest BCUT2D eigenvalue weighted by Gasteiger charge is -2.10. The molecule has 1 aromatic heterocycles. The maximum Gasteiger partial charge on any atom is 0.0936 e. The number of rotatable bonds is 3. The summed E-state index contributed by atoms with van der Waals surface area (Å²) >= 11 is 0. The molecule has 0 spiro atoms. The Morgan fingerprint density at radius 2 is 1.22 bits per heavy atom. The first-order valence-electron chi connectivity index (χ1n) is 9.33. The van der Waals surface area contributed by atoms with E-state index in [1.807, 2.05) is 6.07 Å². The van der Waals surface area contributed by atoms with Crippen LogP contribution in [0.5, 0.6) is 0 Å². The summed E-state index contributed by atoms with van der Waals surface area (Å²) in [6, 6.07) is 25.7. The van der Waals surface area contributed by atoms with E-state index in [0.29, 0.717) is 0 Å². The SMILES string of the molecule is Cc1ccc(-c2cc(-c3ccc(C)cc3C)n(-c3ccccc3)n2)c(C)c1. The molecule has 1 heterocycles. The van der Waals surface area contributed by atoms with Gasteiger partial charge in [-0.3, -0.25) is 0 Å². The predicted molar refractivity (Wildman–Crippen MR) is 113 cm³/mol. The van der Waals surface area contributed by atoms with Gasteiger partial charge in [-0.05, 0) is 57.0 Å². The van der Waals surface area contributed by atoms with Crippen molar-refractivity contribution >= 4 is 0 Å². The zero-order valence-corrected chi connectivity index (χ0v) is 16.3. The van der Waals surface area contributed by atoms with E-state index in [1.165, 1.54) is 33.4 Å². The van der Waals surface area contributed by atoms with Crippen LogP contribution in [-0.2, 0) is 0 Å². The van der Waals surface area contributed by atoms with Gasteiger partial charge in [0.1, 0.15) is 0 Å². The number of benzene rings is 3. The van der Waals surface area contributed by atoms with Gasteiger partial charge in [-0.2, -0.15) is 5.10 Å². The van der Waals surface area contributed by atoms with Crippen LogP contribution in [0, 0.1) is 27.7 Å². The summed E-state index contributed by atoms with van der Waals surface area (Å²) in [4.78, 5) is 0. The molecule has 0 unspecified atom stereocenters. The highest BCUT2D eigenvalue weighted by Crippen LogP contribution is 2.32. The summed E-state index contributed by atoms with van der Waals surface area (Å²) in [6.45, 7) is 8.58. The first-order valence-corrected chi connectivity index (χ1v) is 9.33. The molecule has 0 atom stereocenters. The predicted octanol–water partition coefficient (Wildman–Crippen LogP) is 6.44. The van der Waals surface area contributed by atoms with E-state index in [9.17, 15) is 0 Å². The number of hydrogen-bond donors (Lipinski definition) is 0. The smallest absolute Gasteiger partial charge is 0.0936 e. The van der Waals surface area contributed by atoms with Gasteiger partial charge < -0.3 is 0 Å². The third-order valence-corrected chi connectivity index (χ3v) is 5.03. The monoisotopic (exact) mass is 352 g/mol. The standard InChI is InChI=1S/C25H24N2/c1-17-10-12-22(19(3)14-17)24-16-25(23-13-11-18(2)15-20(23)4)27(26-24)21-8-6-5-7-9-21/h5-16H,1-4H3. The topological polar surface area (TPSA) is 17.8 Å². The molecule has 0 N–H and O–H groups in total. The van der Waals surface area contributed by atoms with Gasteiger partial charge in [0.05, 0.1) is 17.1 Å². The molecule has 0 amide bonds. The lowest BCUT2D eigenvalue weighted by atomic mass is 10.00. The third-order valence-electron chi connectivity index (χ3n) is 5.03. The Morgan fingerprint density at radius 3 is 1.81 bits per heavy atom. The zero-order chi connectivity index (χ0) is 19.0. The van der Waals surface area contributed by atoms with Crippen molar-refractivity contribution in [3.63, 3.8) is 0 Å². The van der Waals surface area contributed by atoms with Gasteiger partial charge in [-0.15, -0.1) is 0 Å². The first-order chi connectivity index (χ1) is 13.0. The van der Waals surface area contributed by atoms with Crippen LogP contribution in [0.1, 0.15) is 22.3 Å². The van der Waals surface area contributed by atoms with Crippen LogP contribution in [0.4, 0.5) is 0 Å². The molecule has 27 heavy (non-hydrogen) atoms. The highest BCUT2D eigenvalue weighted by molar-refractivity contribution is 5.74. The molecule has 0 aliphatic rings. The number of nitrogens with zero attached hydrogens (tertiary/aromatic N) is 2. The number of aryl methyl sites for hydroxylation is 4. The highest BCUT2D eigenvalue weighted by atomic mass is 15.3. The van der Waals surface area contributed by atoms with Crippen LogP contribution in [0.25, 0.3) is 28.2 Å². The second kappa shape index (κ2) is 6.88. The van der Waals surface area contributed by atoms with Crippen LogP contribution >= 0.6 is 0 Å². The molecule has 0 fully saturated rings. The molecule has 2 heteroatoms. The fourth-order valence-electron chi connectivity index (χ4n) is 3.67. The van der Waals surface area contributed by atoms with Crippen LogP contribution in [0.2, 0.25) is 0 Å². The van der Waals surface area contributed by atoms with E-state index in [4.69, 9.17) is 5.10 Å². The van der Waals surface area contributed by atoms with E-state index in [1.54, 1.807) is 0 Å². The lowest BCUT2D eigenvalue weighted by molar-refractivity contribution is 0.890. The molecule has 134 valence electrons. The van der Waals surface area contributed by atoms with E-state index in [-0.39, 0.29) is 0 Å². The van der Waals surface area contributed by atoms with Crippen molar-refractivity contribution in [2.75, 3.05) is 0 Å². The van der Waals surface area contributed by atoms with Gasteiger partial charge >= 0.3 is 0 Å². The normalized spacial score (nSPS) is 11.0. The van der Waals surface area contributed by atoms with Crippen molar-refractivity contribution in [1.82, 2.24) is 9.78 Å². The highest BCUT2D eigenvalue weighted by Gasteiger charge is 2.15. The van der Waals surface area contributed by atoms with Crippen molar-refractivity contribution in [3.8, 4) is 28.2 Å². The van der Waals surface area contributed by atoms with Crippen molar-refractivity contribution in [2.24, 2.45) is 0 Å². The zero-order valence-electron chi connectivity index (χ0n) is 16.3. The molecule has 0 aliphatic carbocycles. The van der Waals surface area contributed by atoms with E-state index >= 15 is 0 Å². The molecule has 0 aliphatic heterocycles. The lowest BCUT2D eigenvalue weighted by Crippen LogP contribution is -2.00. The number of aromatic nitrogens is 2. The maximum atomic E-state index is 5.00. The Balaban J connectivity index is 1.95. The molecule has 0 bridgehead atoms. The molecule has 0 radical (unpaired) electrons. The summed E-state index contributed by atoms with van der Waals surface area (Å²) in [5.74, 6) is 0. The van der Waals surface area contributed by atoms with Crippen LogP contribution in [-0.4, -0.2) is 9.78 Å². The van der Waals surface area contributed by atoms with Gasteiger partial charge in [0.2, 0.25) is 0 Å². The Hall–Kier alpha value is -3.13. The summed E-state index contributed by atoms with van der Waals surface area (Å²) in [5.41, 5.74) is 10.7. The van der Waals surface area contributed by atoms with Crippen molar-refractivity contribution < 1.29 is 0 Å². The molecular weight excluding hydrogens is 328 g/mol. The summed E-state index contributed by atoms with van der Waals surface area (Å²) < 4.78 is 2.06. The molecule has 0 saturated heterocycles. The molecule has 4 rings (SSSR count). The summed E-state index contributed by atoms with van der Waals surface area (Å²) in [5, 5.41) is 5.00. The summed E-state index contributed by atoms with van der Waals surface area (Å²) in [7, 11) is 0. The fourth-order valence-corrected chi connectivity index (χ4v) is 3.67. The van der Waals surface area contributed by atoms with E-state index < -0.39 is 0 Å². The van der Waals surface area contributed by atoms with Crippen molar-refractivity contribution in [1.29, 1.82) is 0 Å². The fraction of sp³-hybridized carbons (Fsp3) is 0.160. The van der Waals surface area contributed by atoms with E-state index in [2.05, 4.69) is 99.1 Å². The Kier molecular flexibility index (Phi) is 4.41. The number of para-hydroxylation sites is 1. The molecule has 4 aromatic rings. The minimum Gasteiger partial charge on any atom is -0.232 e. The van der Waals surface area contributed by atoms with Crippen molar-refractivity contribution in [3.05, 3.63) is 95.1 Å². The second-order valence-electron chi connectivity index (χ2n) is 7.30. The molecule has 2 nitrogen and oxygen atoms in total. The Morgan fingerprint density at radius 1 is 0.630 bits per heavy atom. The van der Waals surface area contributed by atoms with Gasteiger partial charge in [-0.1, -0.05) is 65.7 Å². The summed E-state index contributed by atoms with van der Waals surface area (Å²) in [6.07, 6.45) is 0. The van der Waals surface area contributed by atoms with Gasteiger partial charge in [-0.25, -0.2) is 4.68 Å². The average Bonchev–Trinajstić information content (AvgIpc) is 3.07. The van der Waals surface area contributed by atoms with Crippen LogP contribution in [0.15, 0.2) is 72.8 Å². The largest absolute Gasteiger partial charge is 0.232 e. The van der Waals surface area contributed by atoms with Gasteiger partial charge in [0.25, 0.3) is 0 Å². The maximum absolute atomic E-state index is 5.00. The third kappa shape index (κ3) is 3.31. The second-order valence-corrected chi connectivity index (χ2v) is 7.30. The molecule has 0 saturated carbocycles. The Bertz CT molecular complexity index is 1100. The van der Waals surface area contributed by atoms with Crippen LogP contribution in [0.3, 0.4) is 0 Å². The first kappa shape index (κ1) is 17.3. The minimum absolute atomic E-state index is 1.01. The average molecular weight is 352 g/mol. The number of hydrogen-bond acceptors (Lipinski definition) is 1. The quantitative estimate of drug-likeness (QED) is 0.415.